The van der Waals surface area contributed by atoms with Crippen LogP contribution in [0, 0.1) is 0 Å². The molecule has 4 nitrogen and oxygen atoms in total. The maximum absolute atomic E-state index is 5.80. The molecule has 2 heterocycles. The van der Waals surface area contributed by atoms with Crippen LogP contribution >= 0.6 is 11.3 Å². The van der Waals surface area contributed by atoms with Crippen LogP contribution in [0.1, 0.15) is 5.01 Å². The van der Waals surface area contributed by atoms with Crippen LogP contribution in [0.2, 0.25) is 0 Å². The first-order valence-corrected chi connectivity index (χ1v) is 9.20. The van der Waals surface area contributed by atoms with Crippen molar-refractivity contribution in [3.05, 3.63) is 72.0 Å². The lowest BCUT2D eigenvalue weighted by Gasteiger charge is -2.05. The van der Waals surface area contributed by atoms with Gasteiger partial charge in [0.05, 0.1) is 28.9 Å². The molecule has 5 heteroatoms. The quantitative estimate of drug-likeness (QED) is 0.485. The number of aromatic nitrogens is 2. The van der Waals surface area contributed by atoms with Gasteiger partial charge in [-0.1, -0.05) is 6.07 Å². The molecule has 2 aromatic carbocycles. The van der Waals surface area contributed by atoms with Crippen molar-refractivity contribution in [2.45, 2.75) is 6.42 Å². The van der Waals surface area contributed by atoms with Gasteiger partial charge in [0.2, 0.25) is 0 Å². The first-order valence-electron chi connectivity index (χ1n) is 8.38. The Morgan fingerprint density at radius 3 is 2.42 bits per heavy atom. The first kappa shape index (κ1) is 16.5. The fourth-order valence-corrected chi connectivity index (χ4v) is 3.72. The summed E-state index contributed by atoms with van der Waals surface area (Å²) in [5.41, 5.74) is 3.39. The minimum absolute atomic E-state index is 0.601. The molecule has 0 bridgehead atoms. The van der Waals surface area contributed by atoms with Crippen molar-refractivity contribution in [1.82, 2.24) is 9.97 Å². The summed E-state index contributed by atoms with van der Waals surface area (Å²) < 4.78 is 12.1. The molecule has 0 saturated carbocycles. The Labute approximate surface area is 156 Å². The number of hydrogen-bond donors (Lipinski definition) is 0. The highest BCUT2D eigenvalue weighted by Crippen LogP contribution is 2.28. The van der Waals surface area contributed by atoms with Crippen LogP contribution in [0.4, 0.5) is 0 Å². The highest BCUT2D eigenvalue weighted by atomic mass is 32.1. The smallest absolute Gasteiger partial charge is 0.119 e. The molecule has 130 valence electrons. The van der Waals surface area contributed by atoms with Crippen molar-refractivity contribution in [1.29, 1.82) is 0 Å². The topological polar surface area (TPSA) is 44.2 Å². The van der Waals surface area contributed by atoms with E-state index in [4.69, 9.17) is 14.5 Å². The average molecular weight is 362 g/mol. The lowest BCUT2D eigenvalue weighted by molar-refractivity contribution is 0.321. The minimum atomic E-state index is 0.601. The number of thiazole rings is 1. The highest BCUT2D eigenvalue weighted by Gasteiger charge is 2.06. The number of rotatable bonds is 6. The van der Waals surface area contributed by atoms with E-state index in [9.17, 15) is 0 Å². The summed E-state index contributed by atoms with van der Waals surface area (Å²) in [7, 11) is 1.66. The SMILES string of the molecule is COc1ccc(OCCc2nc3ccc(-c4ccncc4)cc3s2)cc1. The zero-order valence-electron chi connectivity index (χ0n) is 14.4. The number of methoxy groups -OCH3 is 1. The summed E-state index contributed by atoms with van der Waals surface area (Å²) in [6.45, 7) is 0.601. The van der Waals surface area contributed by atoms with Gasteiger partial charge in [-0.25, -0.2) is 4.98 Å². The highest BCUT2D eigenvalue weighted by molar-refractivity contribution is 7.18. The van der Waals surface area contributed by atoms with Crippen molar-refractivity contribution >= 4 is 21.6 Å². The Bertz CT molecular complexity index is 998. The van der Waals surface area contributed by atoms with Gasteiger partial charge in [0.25, 0.3) is 0 Å². The van der Waals surface area contributed by atoms with Crippen molar-refractivity contribution in [3.63, 3.8) is 0 Å². The molecular weight excluding hydrogens is 344 g/mol. The number of nitrogens with zero attached hydrogens (tertiary/aromatic N) is 2. The van der Waals surface area contributed by atoms with Gasteiger partial charge in [0.1, 0.15) is 11.5 Å². The number of pyridine rings is 1. The maximum atomic E-state index is 5.80. The third kappa shape index (κ3) is 3.68. The molecule has 0 atom stereocenters. The second-order valence-corrected chi connectivity index (χ2v) is 6.92. The Kier molecular flexibility index (Phi) is 4.80. The fraction of sp³-hybridized carbons (Fsp3) is 0.143. The van der Waals surface area contributed by atoms with Gasteiger partial charge in [-0.05, 0) is 59.7 Å². The zero-order chi connectivity index (χ0) is 17.8. The molecule has 0 unspecified atom stereocenters. The van der Waals surface area contributed by atoms with Crippen molar-refractivity contribution in [2.75, 3.05) is 13.7 Å². The third-order valence-corrected chi connectivity index (χ3v) is 5.17. The van der Waals surface area contributed by atoms with Crippen LogP contribution in [0.5, 0.6) is 11.5 Å². The number of fused-ring (bicyclic) bond motifs is 1. The van der Waals surface area contributed by atoms with E-state index in [1.165, 1.54) is 15.8 Å². The largest absolute Gasteiger partial charge is 0.497 e. The summed E-state index contributed by atoms with van der Waals surface area (Å²) in [5.74, 6) is 1.67. The molecule has 0 fully saturated rings. The predicted octanol–water partition coefficient (Wildman–Crippen LogP) is 4.99. The zero-order valence-corrected chi connectivity index (χ0v) is 15.2. The van der Waals surface area contributed by atoms with E-state index in [1.807, 2.05) is 48.8 Å². The van der Waals surface area contributed by atoms with Gasteiger partial charge in [-0.2, -0.15) is 0 Å². The summed E-state index contributed by atoms with van der Waals surface area (Å²) in [6.07, 6.45) is 4.41. The monoisotopic (exact) mass is 362 g/mol. The lowest BCUT2D eigenvalue weighted by atomic mass is 10.1. The molecule has 0 amide bonds. The normalized spacial score (nSPS) is 10.8. The second kappa shape index (κ2) is 7.54. The van der Waals surface area contributed by atoms with Crippen LogP contribution < -0.4 is 9.47 Å². The molecule has 0 spiro atoms. The molecule has 0 N–H and O–H groups in total. The van der Waals surface area contributed by atoms with Crippen LogP contribution in [0.25, 0.3) is 21.3 Å². The van der Waals surface area contributed by atoms with Gasteiger partial charge >= 0.3 is 0 Å². The maximum Gasteiger partial charge on any atom is 0.119 e. The van der Waals surface area contributed by atoms with E-state index in [1.54, 1.807) is 18.4 Å². The van der Waals surface area contributed by atoms with E-state index in [0.29, 0.717) is 6.61 Å². The Morgan fingerprint density at radius 2 is 1.65 bits per heavy atom. The van der Waals surface area contributed by atoms with E-state index in [0.717, 1.165) is 28.4 Å². The first-order chi connectivity index (χ1) is 12.8. The van der Waals surface area contributed by atoms with Crippen molar-refractivity contribution in [2.24, 2.45) is 0 Å². The molecule has 0 radical (unpaired) electrons. The van der Waals surface area contributed by atoms with Gasteiger partial charge in [0.15, 0.2) is 0 Å². The minimum Gasteiger partial charge on any atom is -0.497 e. The van der Waals surface area contributed by atoms with Crippen LogP contribution in [-0.4, -0.2) is 23.7 Å². The van der Waals surface area contributed by atoms with Crippen molar-refractivity contribution < 1.29 is 9.47 Å². The van der Waals surface area contributed by atoms with E-state index in [2.05, 4.69) is 23.2 Å². The molecule has 26 heavy (non-hydrogen) atoms. The Hall–Kier alpha value is -2.92. The van der Waals surface area contributed by atoms with Gasteiger partial charge in [0, 0.05) is 18.8 Å². The summed E-state index contributed by atoms with van der Waals surface area (Å²) in [6, 6.07) is 18.0. The van der Waals surface area contributed by atoms with Gasteiger partial charge < -0.3 is 9.47 Å². The fourth-order valence-electron chi connectivity index (χ4n) is 2.73. The van der Waals surface area contributed by atoms with Crippen LogP contribution in [-0.2, 0) is 6.42 Å². The van der Waals surface area contributed by atoms with Crippen LogP contribution in [0.15, 0.2) is 67.0 Å². The van der Waals surface area contributed by atoms with E-state index < -0.39 is 0 Å². The molecule has 4 aromatic rings. The Balaban J connectivity index is 1.43. The summed E-state index contributed by atoms with van der Waals surface area (Å²) in [5, 5.41) is 1.08. The molecule has 0 aliphatic carbocycles. The van der Waals surface area contributed by atoms with Crippen molar-refractivity contribution in [3.8, 4) is 22.6 Å². The molecule has 2 aromatic heterocycles. The number of benzene rings is 2. The molecule has 0 aliphatic heterocycles. The summed E-state index contributed by atoms with van der Waals surface area (Å²) in [4.78, 5) is 8.79. The second-order valence-electron chi connectivity index (χ2n) is 5.80. The predicted molar refractivity (Wildman–Crippen MR) is 105 cm³/mol. The van der Waals surface area contributed by atoms with E-state index >= 15 is 0 Å². The average Bonchev–Trinajstić information content (AvgIpc) is 3.11. The van der Waals surface area contributed by atoms with Crippen LogP contribution in [0.3, 0.4) is 0 Å². The Morgan fingerprint density at radius 1 is 0.885 bits per heavy atom. The van der Waals surface area contributed by atoms with Gasteiger partial charge in [-0.3, -0.25) is 4.98 Å². The standard InChI is InChI=1S/C21H18N2O2S/c1-24-17-3-5-18(6-4-17)25-13-10-21-23-19-7-2-16(14-20(19)26-21)15-8-11-22-12-9-15/h2-9,11-12,14H,10,13H2,1H3. The number of hydrogen-bond acceptors (Lipinski definition) is 5. The lowest BCUT2D eigenvalue weighted by Crippen LogP contribution is -2.00. The third-order valence-electron chi connectivity index (χ3n) is 4.09. The molecule has 0 saturated heterocycles. The number of ether oxygens (including phenoxy) is 2. The van der Waals surface area contributed by atoms with E-state index in [-0.39, 0.29) is 0 Å². The molecular formula is C21H18N2O2S. The molecule has 4 rings (SSSR count). The van der Waals surface area contributed by atoms with Gasteiger partial charge in [-0.15, -0.1) is 11.3 Å². The summed E-state index contributed by atoms with van der Waals surface area (Å²) >= 11 is 1.72. The molecule has 0 aliphatic rings.